The summed E-state index contributed by atoms with van der Waals surface area (Å²) in [6.45, 7) is 13.5. The Hall–Kier alpha value is -0.810. The fourth-order valence-corrected chi connectivity index (χ4v) is 2.79. The van der Waals surface area contributed by atoms with Crippen LogP contribution in [0.3, 0.4) is 0 Å². The van der Waals surface area contributed by atoms with E-state index < -0.39 is 0 Å². The van der Waals surface area contributed by atoms with Gasteiger partial charge in [-0.05, 0) is 66.1 Å². The first kappa shape index (κ1) is 20.2. The van der Waals surface area contributed by atoms with Crippen molar-refractivity contribution in [2.75, 3.05) is 45.9 Å². The second kappa shape index (κ2) is 13.6. The Morgan fingerprint density at radius 3 is 2.48 bits per heavy atom. The molecular formula is C18H38N4O. The number of guanidine groups is 1. The molecule has 0 unspecified atom stereocenters. The first-order chi connectivity index (χ1) is 11.2. The molecule has 0 saturated carbocycles. The maximum Gasteiger partial charge on any atom is 0.191 e. The molecule has 5 heteroatoms. The van der Waals surface area contributed by atoms with Crippen LogP contribution in [0.2, 0.25) is 0 Å². The highest BCUT2D eigenvalue weighted by Crippen LogP contribution is 2.09. The maximum absolute atomic E-state index is 5.54. The molecule has 1 aliphatic heterocycles. The highest BCUT2D eigenvalue weighted by molar-refractivity contribution is 5.79. The zero-order chi connectivity index (χ0) is 16.8. The van der Waals surface area contributed by atoms with E-state index in [-0.39, 0.29) is 0 Å². The molecule has 0 amide bonds. The molecule has 0 atom stereocenters. The van der Waals surface area contributed by atoms with Crippen LogP contribution >= 0.6 is 0 Å². The monoisotopic (exact) mass is 326 g/mol. The van der Waals surface area contributed by atoms with Gasteiger partial charge in [0.05, 0.1) is 6.10 Å². The Labute approximate surface area is 143 Å². The molecule has 0 radical (unpaired) electrons. The minimum absolute atomic E-state index is 0.310. The molecule has 2 N–H and O–H groups in total. The van der Waals surface area contributed by atoms with Crippen molar-refractivity contribution in [1.82, 2.24) is 15.5 Å². The Morgan fingerprint density at radius 2 is 1.83 bits per heavy atom. The SMILES string of the molecule is CCNC(=NCCCOC(C)C)NCCCN1CCCCCC1. The number of ether oxygens (including phenoxy) is 1. The van der Waals surface area contributed by atoms with Crippen LogP contribution in [-0.4, -0.2) is 62.8 Å². The number of likely N-dealkylation sites (tertiary alicyclic amines) is 1. The molecule has 1 saturated heterocycles. The first-order valence-corrected chi connectivity index (χ1v) is 9.58. The summed E-state index contributed by atoms with van der Waals surface area (Å²) in [5.74, 6) is 0.938. The molecule has 136 valence electrons. The maximum atomic E-state index is 5.54. The van der Waals surface area contributed by atoms with Crippen LogP contribution in [-0.2, 0) is 4.74 Å². The topological polar surface area (TPSA) is 48.9 Å². The van der Waals surface area contributed by atoms with Crippen LogP contribution in [0.15, 0.2) is 4.99 Å². The zero-order valence-electron chi connectivity index (χ0n) is 15.6. The number of hydrogen-bond donors (Lipinski definition) is 2. The Kier molecular flexibility index (Phi) is 12.0. The fourth-order valence-electron chi connectivity index (χ4n) is 2.79. The van der Waals surface area contributed by atoms with Crippen LogP contribution in [0.5, 0.6) is 0 Å². The largest absolute Gasteiger partial charge is 0.379 e. The Balaban J connectivity index is 2.13. The van der Waals surface area contributed by atoms with Crippen LogP contribution in [0.1, 0.15) is 59.3 Å². The van der Waals surface area contributed by atoms with E-state index in [1.807, 2.05) is 0 Å². The third-order valence-corrected chi connectivity index (χ3v) is 4.01. The molecule has 1 heterocycles. The lowest BCUT2D eigenvalue weighted by Crippen LogP contribution is -2.39. The molecular weight excluding hydrogens is 288 g/mol. The van der Waals surface area contributed by atoms with E-state index >= 15 is 0 Å². The van der Waals surface area contributed by atoms with Gasteiger partial charge in [-0.15, -0.1) is 0 Å². The Bertz CT molecular complexity index is 299. The second-order valence-electron chi connectivity index (χ2n) is 6.57. The van der Waals surface area contributed by atoms with Gasteiger partial charge in [-0.2, -0.15) is 0 Å². The molecule has 0 bridgehead atoms. The summed E-state index contributed by atoms with van der Waals surface area (Å²) in [6.07, 6.45) is 8.03. The summed E-state index contributed by atoms with van der Waals surface area (Å²) in [7, 11) is 0. The summed E-state index contributed by atoms with van der Waals surface area (Å²) < 4.78 is 5.54. The zero-order valence-corrected chi connectivity index (χ0v) is 15.6. The molecule has 0 aromatic heterocycles. The molecule has 0 aromatic carbocycles. The predicted octanol–water partition coefficient (Wildman–Crippen LogP) is 2.62. The number of rotatable bonds is 10. The van der Waals surface area contributed by atoms with Gasteiger partial charge < -0.3 is 20.3 Å². The minimum Gasteiger partial charge on any atom is -0.379 e. The summed E-state index contributed by atoms with van der Waals surface area (Å²) in [4.78, 5) is 7.22. The van der Waals surface area contributed by atoms with E-state index in [2.05, 4.69) is 41.3 Å². The van der Waals surface area contributed by atoms with E-state index in [0.717, 1.165) is 38.6 Å². The van der Waals surface area contributed by atoms with Gasteiger partial charge in [0.15, 0.2) is 5.96 Å². The quantitative estimate of drug-likeness (QED) is 0.368. The van der Waals surface area contributed by atoms with Gasteiger partial charge in [-0.3, -0.25) is 4.99 Å². The summed E-state index contributed by atoms with van der Waals surface area (Å²) >= 11 is 0. The van der Waals surface area contributed by atoms with Crippen molar-refractivity contribution < 1.29 is 4.74 Å². The van der Waals surface area contributed by atoms with Gasteiger partial charge in [0, 0.05) is 26.2 Å². The van der Waals surface area contributed by atoms with Gasteiger partial charge in [-0.1, -0.05) is 12.8 Å². The molecule has 0 spiro atoms. The van der Waals surface area contributed by atoms with Crippen molar-refractivity contribution in [1.29, 1.82) is 0 Å². The summed E-state index contributed by atoms with van der Waals surface area (Å²) in [5.41, 5.74) is 0. The van der Waals surface area contributed by atoms with Crippen LogP contribution in [0.25, 0.3) is 0 Å². The number of hydrogen-bond acceptors (Lipinski definition) is 3. The van der Waals surface area contributed by atoms with E-state index in [1.165, 1.54) is 51.7 Å². The normalized spacial score (nSPS) is 17.3. The van der Waals surface area contributed by atoms with Crippen molar-refractivity contribution in [2.24, 2.45) is 4.99 Å². The van der Waals surface area contributed by atoms with Gasteiger partial charge in [0.25, 0.3) is 0 Å². The smallest absolute Gasteiger partial charge is 0.191 e. The van der Waals surface area contributed by atoms with Crippen molar-refractivity contribution in [3.8, 4) is 0 Å². The molecule has 1 rings (SSSR count). The predicted molar refractivity (Wildman–Crippen MR) is 99.2 cm³/mol. The van der Waals surface area contributed by atoms with E-state index in [0.29, 0.717) is 6.10 Å². The average molecular weight is 327 g/mol. The lowest BCUT2D eigenvalue weighted by Gasteiger charge is -2.20. The fraction of sp³-hybridized carbons (Fsp3) is 0.944. The van der Waals surface area contributed by atoms with Crippen molar-refractivity contribution >= 4 is 5.96 Å². The van der Waals surface area contributed by atoms with E-state index in [1.54, 1.807) is 0 Å². The lowest BCUT2D eigenvalue weighted by atomic mass is 10.2. The van der Waals surface area contributed by atoms with E-state index in [4.69, 9.17) is 4.74 Å². The third-order valence-electron chi connectivity index (χ3n) is 4.01. The van der Waals surface area contributed by atoms with Gasteiger partial charge in [-0.25, -0.2) is 0 Å². The number of nitrogens with zero attached hydrogens (tertiary/aromatic N) is 2. The summed E-state index contributed by atoms with van der Waals surface area (Å²) in [5, 5.41) is 6.76. The number of nitrogens with one attached hydrogen (secondary N) is 2. The van der Waals surface area contributed by atoms with Crippen molar-refractivity contribution in [2.45, 2.75) is 65.4 Å². The molecule has 5 nitrogen and oxygen atoms in total. The van der Waals surface area contributed by atoms with Gasteiger partial charge in [0.2, 0.25) is 0 Å². The standard InChI is InChI=1S/C18H38N4O/c1-4-19-18(21-12-10-16-23-17(2)3)20-11-9-15-22-13-7-5-6-8-14-22/h17H,4-16H2,1-3H3,(H2,19,20,21). The van der Waals surface area contributed by atoms with E-state index in [9.17, 15) is 0 Å². The molecule has 1 aliphatic rings. The van der Waals surface area contributed by atoms with Crippen molar-refractivity contribution in [3.05, 3.63) is 0 Å². The van der Waals surface area contributed by atoms with Gasteiger partial charge >= 0.3 is 0 Å². The van der Waals surface area contributed by atoms with Crippen LogP contribution in [0.4, 0.5) is 0 Å². The van der Waals surface area contributed by atoms with Crippen LogP contribution in [0, 0.1) is 0 Å². The number of aliphatic imine (C=N–C) groups is 1. The minimum atomic E-state index is 0.310. The van der Waals surface area contributed by atoms with Crippen molar-refractivity contribution in [3.63, 3.8) is 0 Å². The second-order valence-corrected chi connectivity index (χ2v) is 6.57. The molecule has 0 aromatic rings. The molecule has 23 heavy (non-hydrogen) atoms. The molecule has 0 aliphatic carbocycles. The third kappa shape index (κ3) is 11.4. The lowest BCUT2D eigenvalue weighted by molar-refractivity contribution is 0.0782. The highest BCUT2D eigenvalue weighted by atomic mass is 16.5. The first-order valence-electron chi connectivity index (χ1n) is 9.58. The Morgan fingerprint density at radius 1 is 1.09 bits per heavy atom. The van der Waals surface area contributed by atoms with Gasteiger partial charge in [0.1, 0.15) is 0 Å². The molecule has 1 fully saturated rings. The average Bonchev–Trinajstić information content (AvgIpc) is 2.79. The summed E-state index contributed by atoms with van der Waals surface area (Å²) in [6, 6.07) is 0. The highest BCUT2D eigenvalue weighted by Gasteiger charge is 2.08. The van der Waals surface area contributed by atoms with Crippen LogP contribution < -0.4 is 10.6 Å².